The smallest absolute Gasteiger partial charge is 0.112 e. The number of aryl methyl sites for hydroxylation is 1. The normalized spacial score (nSPS) is 11.1. The number of aromatic nitrogens is 2. The first kappa shape index (κ1) is 11.4. The van der Waals surface area contributed by atoms with E-state index in [1.165, 1.54) is 5.56 Å². The van der Waals surface area contributed by atoms with Gasteiger partial charge in [-0.25, -0.2) is 4.98 Å². The molecule has 0 aliphatic heterocycles. The zero-order valence-electron chi connectivity index (χ0n) is 9.74. The van der Waals surface area contributed by atoms with Gasteiger partial charge in [0.2, 0.25) is 0 Å². The summed E-state index contributed by atoms with van der Waals surface area (Å²) in [5, 5.41) is 0. The second-order valence-electron chi connectivity index (χ2n) is 4.27. The fraction of sp³-hybridized carbons (Fsp3) is 0.308. The van der Waals surface area contributed by atoms with Crippen LogP contribution in [0.3, 0.4) is 0 Å². The minimum Gasteiger partial charge on any atom is -0.328 e. The van der Waals surface area contributed by atoms with Crippen molar-refractivity contribution in [1.82, 2.24) is 9.55 Å². The van der Waals surface area contributed by atoms with E-state index >= 15 is 0 Å². The van der Waals surface area contributed by atoms with Crippen LogP contribution in [0.2, 0.25) is 0 Å². The molecule has 2 aromatic rings. The number of rotatable bonds is 2. The maximum atomic E-state index is 4.38. The fourth-order valence-electron chi connectivity index (χ4n) is 1.63. The molecule has 0 amide bonds. The van der Waals surface area contributed by atoms with E-state index in [-0.39, 0.29) is 0 Å². The lowest BCUT2D eigenvalue weighted by atomic mass is 10.0. The van der Waals surface area contributed by atoms with Crippen LogP contribution >= 0.6 is 15.9 Å². The van der Waals surface area contributed by atoms with Crippen LogP contribution < -0.4 is 0 Å². The van der Waals surface area contributed by atoms with E-state index in [0.717, 1.165) is 15.9 Å². The van der Waals surface area contributed by atoms with Gasteiger partial charge in [-0.15, -0.1) is 0 Å². The van der Waals surface area contributed by atoms with Crippen molar-refractivity contribution in [2.75, 3.05) is 0 Å². The number of benzene rings is 1. The van der Waals surface area contributed by atoms with E-state index in [1.807, 2.05) is 17.9 Å². The number of imidazole rings is 1. The van der Waals surface area contributed by atoms with Crippen LogP contribution in [0.5, 0.6) is 0 Å². The van der Waals surface area contributed by atoms with Crippen LogP contribution in [0.4, 0.5) is 0 Å². The molecule has 1 aromatic carbocycles. The molecule has 0 saturated carbocycles. The summed E-state index contributed by atoms with van der Waals surface area (Å²) in [4.78, 5) is 4.38. The van der Waals surface area contributed by atoms with Crippen molar-refractivity contribution in [1.29, 1.82) is 0 Å². The maximum absolute atomic E-state index is 4.38. The Morgan fingerprint density at radius 3 is 2.25 bits per heavy atom. The zero-order valence-corrected chi connectivity index (χ0v) is 11.3. The largest absolute Gasteiger partial charge is 0.328 e. The van der Waals surface area contributed by atoms with Crippen molar-refractivity contribution < 1.29 is 0 Å². The van der Waals surface area contributed by atoms with Crippen LogP contribution in [-0.4, -0.2) is 9.55 Å². The van der Waals surface area contributed by atoms with Crippen LogP contribution in [0.1, 0.15) is 25.3 Å². The molecule has 2 nitrogen and oxygen atoms in total. The van der Waals surface area contributed by atoms with Crippen molar-refractivity contribution in [2.24, 2.45) is 7.05 Å². The first-order valence-electron chi connectivity index (χ1n) is 5.36. The van der Waals surface area contributed by atoms with Gasteiger partial charge < -0.3 is 4.57 Å². The SMILES string of the molecule is CC(C)c1ccc(-c2ncn(C)c2Br)cc1. The van der Waals surface area contributed by atoms with Crippen LogP contribution in [-0.2, 0) is 7.05 Å². The fourth-order valence-corrected chi connectivity index (χ4v) is 2.06. The molecule has 0 radical (unpaired) electrons. The average molecular weight is 279 g/mol. The lowest BCUT2D eigenvalue weighted by Gasteiger charge is -2.06. The number of nitrogens with zero attached hydrogens (tertiary/aromatic N) is 2. The highest BCUT2D eigenvalue weighted by Gasteiger charge is 2.08. The third-order valence-electron chi connectivity index (χ3n) is 2.72. The van der Waals surface area contributed by atoms with Gasteiger partial charge in [0.1, 0.15) is 10.3 Å². The molecule has 0 spiro atoms. The van der Waals surface area contributed by atoms with E-state index in [4.69, 9.17) is 0 Å². The maximum Gasteiger partial charge on any atom is 0.112 e. The van der Waals surface area contributed by atoms with Gasteiger partial charge in [-0.2, -0.15) is 0 Å². The molecule has 3 heteroatoms. The lowest BCUT2D eigenvalue weighted by Crippen LogP contribution is -1.88. The van der Waals surface area contributed by atoms with Crippen molar-refractivity contribution in [3.8, 4) is 11.3 Å². The van der Waals surface area contributed by atoms with Gasteiger partial charge in [0.15, 0.2) is 0 Å². The summed E-state index contributed by atoms with van der Waals surface area (Å²) in [6.07, 6.45) is 1.82. The molecule has 1 aromatic heterocycles. The van der Waals surface area contributed by atoms with Gasteiger partial charge in [-0.1, -0.05) is 38.1 Å². The molecule has 0 aliphatic rings. The van der Waals surface area contributed by atoms with Gasteiger partial charge in [0, 0.05) is 12.6 Å². The van der Waals surface area contributed by atoms with Crippen molar-refractivity contribution in [3.05, 3.63) is 40.8 Å². The van der Waals surface area contributed by atoms with Crippen LogP contribution in [0.25, 0.3) is 11.3 Å². The summed E-state index contributed by atoms with van der Waals surface area (Å²) in [6, 6.07) is 8.59. The minimum absolute atomic E-state index is 0.571. The molecular weight excluding hydrogens is 264 g/mol. The molecule has 0 saturated heterocycles. The molecule has 2 rings (SSSR count). The quantitative estimate of drug-likeness (QED) is 0.813. The first-order valence-corrected chi connectivity index (χ1v) is 6.16. The first-order chi connectivity index (χ1) is 7.59. The number of hydrogen-bond donors (Lipinski definition) is 0. The molecule has 16 heavy (non-hydrogen) atoms. The standard InChI is InChI=1S/C13H15BrN2/c1-9(2)10-4-6-11(7-5-10)12-13(14)16(3)8-15-12/h4-9H,1-3H3. The molecule has 0 atom stereocenters. The summed E-state index contributed by atoms with van der Waals surface area (Å²) < 4.78 is 2.98. The van der Waals surface area contributed by atoms with E-state index in [0.29, 0.717) is 5.92 Å². The Morgan fingerprint density at radius 1 is 1.19 bits per heavy atom. The van der Waals surface area contributed by atoms with E-state index in [9.17, 15) is 0 Å². The Bertz CT molecular complexity index is 483. The Kier molecular flexibility index (Phi) is 3.15. The van der Waals surface area contributed by atoms with Crippen molar-refractivity contribution in [2.45, 2.75) is 19.8 Å². The topological polar surface area (TPSA) is 17.8 Å². The summed E-state index contributed by atoms with van der Waals surface area (Å²) >= 11 is 3.53. The van der Waals surface area contributed by atoms with Crippen molar-refractivity contribution in [3.63, 3.8) is 0 Å². The number of halogens is 1. The molecule has 1 heterocycles. The summed E-state index contributed by atoms with van der Waals surface area (Å²) in [6.45, 7) is 4.40. The van der Waals surface area contributed by atoms with Crippen molar-refractivity contribution >= 4 is 15.9 Å². The minimum atomic E-state index is 0.571. The van der Waals surface area contributed by atoms with E-state index in [1.54, 1.807) is 0 Å². The third kappa shape index (κ3) is 2.05. The predicted molar refractivity (Wildman–Crippen MR) is 70.4 cm³/mol. The second-order valence-corrected chi connectivity index (χ2v) is 5.02. The highest BCUT2D eigenvalue weighted by molar-refractivity contribution is 9.10. The molecule has 0 bridgehead atoms. The Hall–Kier alpha value is -1.09. The summed E-state index contributed by atoms with van der Waals surface area (Å²) in [5.41, 5.74) is 3.51. The highest BCUT2D eigenvalue weighted by Crippen LogP contribution is 2.27. The highest BCUT2D eigenvalue weighted by atomic mass is 79.9. The molecular formula is C13H15BrN2. The average Bonchev–Trinajstić information content (AvgIpc) is 2.60. The van der Waals surface area contributed by atoms with Gasteiger partial charge in [-0.3, -0.25) is 0 Å². The zero-order chi connectivity index (χ0) is 11.7. The predicted octanol–water partition coefficient (Wildman–Crippen LogP) is 3.97. The molecule has 0 unspecified atom stereocenters. The van der Waals surface area contributed by atoms with Crippen LogP contribution in [0.15, 0.2) is 35.2 Å². The summed E-state index contributed by atoms with van der Waals surface area (Å²) in [5.74, 6) is 0.571. The lowest BCUT2D eigenvalue weighted by molar-refractivity contribution is 0.867. The molecule has 0 N–H and O–H groups in total. The van der Waals surface area contributed by atoms with Crippen LogP contribution in [0, 0.1) is 0 Å². The monoisotopic (exact) mass is 278 g/mol. The van der Waals surface area contributed by atoms with E-state index < -0.39 is 0 Å². The Morgan fingerprint density at radius 2 is 1.81 bits per heavy atom. The van der Waals surface area contributed by atoms with Gasteiger partial charge in [-0.05, 0) is 27.4 Å². The van der Waals surface area contributed by atoms with Gasteiger partial charge in [0.25, 0.3) is 0 Å². The Balaban J connectivity index is 2.38. The molecule has 0 fully saturated rings. The Labute approximate surface area is 104 Å². The summed E-state index contributed by atoms with van der Waals surface area (Å²) in [7, 11) is 1.98. The van der Waals surface area contributed by atoms with Gasteiger partial charge >= 0.3 is 0 Å². The van der Waals surface area contributed by atoms with Gasteiger partial charge in [0.05, 0.1) is 6.33 Å². The third-order valence-corrected chi connectivity index (χ3v) is 3.65. The van der Waals surface area contributed by atoms with E-state index in [2.05, 4.69) is 59.0 Å². The molecule has 84 valence electrons. The number of hydrogen-bond acceptors (Lipinski definition) is 1. The molecule has 0 aliphatic carbocycles. The second kappa shape index (κ2) is 4.42.